The van der Waals surface area contributed by atoms with Crippen molar-refractivity contribution < 1.29 is 14.3 Å². The molecule has 0 aliphatic heterocycles. The van der Waals surface area contributed by atoms with Crippen LogP contribution in [-0.4, -0.2) is 37.0 Å². The molecule has 0 saturated carbocycles. The van der Waals surface area contributed by atoms with Gasteiger partial charge in [-0.15, -0.1) is 12.4 Å². The van der Waals surface area contributed by atoms with E-state index in [9.17, 15) is 9.59 Å². The summed E-state index contributed by atoms with van der Waals surface area (Å²) in [4.78, 5) is 23.7. The maximum Gasteiger partial charge on any atom is 0.242 e. The highest BCUT2D eigenvalue weighted by Crippen LogP contribution is 2.22. The molecule has 2 atom stereocenters. The van der Waals surface area contributed by atoms with E-state index in [0.29, 0.717) is 19.6 Å². The van der Waals surface area contributed by atoms with Gasteiger partial charge in [-0.3, -0.25) is 9.59 Å². The number of hydrogen-bond donors (Lipinski definition) is 3. The zero-order chi connectivity index (χ0) is 18.8. The van der Waals surface area contributed by atoms with Crippen LogP contribution in [0.5, 0.6) is 5.75 Å². The molecule has 1 unspecified atom stereocenters. The molecule has 1 aromatic carbocycles. The first-order valence-corrected chi connectivity index (χ1v) is 8.81. The summed E-state index contributed by atoms with van der Waals surface area (Å²) < 4.78 is 5.87. The van der Waals surface area contributed by atoms with Gasteiger partial charge in [-0.2, -0.15) is 0 Å². The van der Waals surface area contributed by atoms with Crippen molar-refractivity contribution in [2.45, 2.75) is 59.0 Å². The van der Waals surface area contributed by atoms with E-state index in [0.717, 1.165) is 29.7 Å². The highest BCUT2D eigenvalue weighted by molar-refractivity contribution is 5.87. The fourth-order valence-corrected chi connectivity index (χ4v) is 2.63. The first-order valence-electron chi connectivity index (χ1n) is 8.81. The summed E-state index contributed by atoms with van der Waals surface area (Å²) in [6.07, 6.45) is 2.20. The molecular formula is C19H32ClN3O3. The normalized spacial score (nSPS) is 12.5. The average molecular weight is 386 g/mol. The molecule has 1 aromatic rings. The number of ether oxygens (including phenoxy) is 1. The van der Waals surface area contributed by atoms with E-state index in [-0.39, 0.29) is 30.3 Å². The fraction of sp³-hybridized carbons (Fsp3) is 0.579. The number of nitrogens with one attached hydrogen (secondary N) is 2. The molecule has 0 fully saturated rings. The van der Waals surface area contributed by atoms with Gasteiger partial charge in [0, 0.05) is 6.92 Å². The Morgan fingerprint density at radius 3 is 2.31 bits per heavy atom. The van der Waals surface area contributed by atoms with Gasteiger partial charge in [0.05, 0.1) is 6.04 Å². The van der Waals surface area contributed by atoms with E-state index in [1.165, 1.54) is 6.92 Å². The van der Waals surface area contributed by atoms with Crippen LogP contribution in [-0.2, 0) is 9.59 Å². The van der Waals surface area contributed by atoms with Gasteiger partial charge in [0.2, 0.25) is 11.8 Å². The molecule has 7 heteroatoms. The van der Waals surface area contributed by atoms with Crippen molar-refractivity contribution in [2.75, 3.05) is 13.2 Å². The lowest BCUT2D eigenvalue weighted by Crippen LogP contribution is -2.49. The number of unbranched alkanes of at least 4 members (excludes halogenated alkanes) is 1. The number of para-hydroxylation sites is 1. The molecular weight excluding hydrogens is 354 g/mol. The van der Waals surface area contributed by atoms with Crippen molar-refractivity contribution in [1.29, 1.82) is 0 Å². The highest BCUT2D eigenvalue weighted by atomic mass is 35.5. The Labute approximate surface area is 162 Å². The summed E-state index contributed by atoms with van der Waals surface area (Å²) in [6.45, 7) is 8.24. The summed E-state index contributed by atoms with van der Waals surface area (Å²) in [5.41, 5.74) is 7.62. The van der Waals surface area contributed by atoms with Gasteiger partial charge < -0.3 is 21.1 Å². The zero-order valence-electron chi connectivity index (χ0n) is 16.1. The number of carbonyl (C=O) groups is 2. The number of rotatable bonds is 10. The van der Waals surface area contributed by atoms with Crippen LogP contribution in [0.4, 0.5) is 0 Å². The number of amides is 2. The van der Waals surface area contributed by atoms with E-state index in [1.54, 1.807) is 0 Å². The first kappa shape index (κ1) is 24.2. The minimum absolute atomic E-state index is 0. The predicted octanol–water partition coefficient (Wildman–Crippen LogP) is 2.24. The SMILES string of the molecule is CC(=O)N[C@@H](CCCCN)C(=O)NC(C)COc1c(C)cccc1C.Cl. The second-order valence-corrected chi connectivity index (χ2v) is 6.48. The Balaban J connectivity index is 0.00000625. The summed E-state index contributed by atoms with van der Waals surface area (Å²) in [7, 11) is 0. The lowest BCUT2D eigenvalue weighted by atomic mass is 10.1. The Bertz CT molecular complexity index is 561. The van der Waals surface area contributed by atoms with Crippen LogP contribution >= 0.6 is 12.4 Å². The van der Waals surface area contributed by atoms with Crippen molar-refractivity contribution in [3.05, 3.63) is 29.3 Å². The van der Waals surface area contributed by atoms with Gasteiger partial charge in [-0.25, -0.2) is 0 Å². The molecule has 0 aromatic heterocycles. The third kappa shape index (κ3) is 8.54. The number of carbonyl (C=O) groups excluding carboxylic acids is 2. The molecule has 0 aliphatic carbocycles. The maximum absolute atomic E-state index is 12.4. The quantitative estimate of drug-likeness (QED) is 0.538. The molecule has 0 aliphatic rings. The Hall–Kier alpha value is -1.79. The van der Waals surface area contributed by atoms with Crippen LogP contribution in [0.15, 0.2) is 18.2 Å². The Morgan fingerprint density at radius 2 is 1.77 bits per heavy atom. The van der Waals surface area contributed by atoms with Gasteiger partial charge >= 0.3 is 0 Å². The third-order valence-corrected chi connectivity index (χ3v) is 3.92. The summed E-state index contributed by atoms with van der Waals surface area (Å²) in [5, 5.41) is 5.61. The van der Waals surface area contributed by atoms with Gasteiger partial charge in [0.25, 0.3) is 0 Å². The van der Waals surface area contributed by atoms with Crippen LogP contribution in [0, 0.1) is 13.8 Å². The largest absolute Gasteiger partial charge is 0.491 e. The van der Waals surface area contributed by atoms with E-state index >= 15 is 0 Å². The van der Waals surface area contributed by atoms with Crippen molar-refractivity contribution >= 4 is 24.2 Å². The Morgan fingerprint density at radius 1 is 1.15 bits per heavy atom. The van der Waals surface area contributed by atoms with Crippen LogP contribution < -0.4 is 21.1 Å². The standard InChI is InChI=1S/C19H31N3O3.ClH/c1-13-8-7-9-14(2)18(13)25-12-15(3)21-19(24)17(22-16(4)23)10-5-6-11-20;/h7-9,15,17H,5-6,10-12,20H2,1-4H3,(H,21,24)(H,22,23);1H/t15?,17-;/m0./s1. The predicted molar refractivity (Wildman–Crippen MR) is 107 cm³/mol. The molecule has 2 amide bonds. The third-order valence-electron chi connectivity index (χ3n) is 3.92. The average Bonchev–Trinajstić information content (AvgIpc) is 2.53. The molecule has 0 saturated heterocycles. The van der Waals surface area contributed by atoms with Gasteiger partial charge in [0.1, 0.15) is 18.4 Å². The number of benzene rings is 1. The van der Waals surface area contributed by atoms with Gasteiger partial charge in [0.15, 0.2) is 0 Å². The number of aryl methyl sites for hydroxylation is 2. The molecule has 6 nitrogen and oxygen atoms in total. The van der Waals surface area contributed by atoms with Gasteiger partial charge in [-0.1, -0.05) is 18.2 Å². The van der Waals surface area contributed by atoms with Crippen molar-refractivity contribution in [2.24, 2.45) is 5.73 Å². The zero-order valence-corrected chi connectivity index (χ0v) is 16.9. The topological polar surface area (TPSA) is 93.5 Å². The van der Waals surface area contributed by atoms with E-state index < -0.39 is 6.04 Å². The minimum Gasteiger partial charge on any atom is -0.491 e. The number of nitrogens with two attached hydrogens (primary N) is 1. The van der Waals surface area contributed by atoms with Crippen LogP contribution in [0.1, 0.15) is 44.2 Å². The molecule has 4 N–H and O–H groups in total. The Kier molecular flexibility index (Phi) is 11.7. The minimum atomic E-state index is -0.535. The van der Waals surface area contributed by atoms with E-state index in [2.05, 4.69) is 10.6 Å². The smallest absolute Gasteiger partial charge is 0.242 e. The molecule has 0 bridgehead atoms. The highest BCUT2D eigenvalue weighted by Gasteiger charge is 2.20. The molecule has 0 heterocycles. The van der Waals surface area contributed by atoms with Crippen molar-refractivity contribution in [1.82, 2.24) is 10.6 Å². The fourth-order valence-electron chi connectivity index (χ4n) is 2.63. The van der Waals surface area contributed by atoms with E-state index in [1.807, 2.05) is 39.0 Å². The second-order valence-electron chi connectivity index (χ2n) is 6.48. The summed E-state index contributed by atoms with van der Waals surface area (Å²) in [5.74, 6) is 0.446. The van der Waals surface area contributed by atoms with E-state index in [4.69, 9.17) is 10.5 Å². The molecule has 1 rings (SSSR count). The monoisotopic (exact) mass is 385 g/mol. The van der Waals surface area contributed by atoms with Crippen LogP contribution in [0.3, 0.4) is 0 Å². The van der Waals surface area contributed by atoms with Crippen molar-refractivity contribution in [3.8, 4) is 5.75 Å². The van der Waals surface area contributed by atoms with Gasteiger partial charge in [-0.05, 0) is 57.7 Å². The second kappa shape index (κ2) is 12.5. The molecule has 26 heavy (non-hydrogen) atoms. The van der Waals surface area contributed by atoms with Crippen LogP contribution in [0.2, 0.25) is 0 Å². The maximum atomic E-state index is 12.4. The first-order chi connectivity index (χ1) is 11.8. The number of halogens is 1. The molecule has 0 spiro atoms. The summed E-state index contributed by atoms with van der Waals surface area (Å²) >= 11 is 0. The summed E-state index contributed by atoms with van der Waals surface area (Å²) in [6, 6.07) is 5.28. The number of hydrogen-bond acceptors (Lipinski definition) is 4. The molecule has 0 radical (unpaired) electrons. The lowest BCUT2D eigenvalue weighted by Gasteiger charge is -2.22. The molecule has 148 valence electrons. The van der Waals surface area contributed by atoms with Crippen molar-refractivity contribution in [3.63, 3.8) is 0 Å². The van der Waals surface area contributed by atoms with Crippen LogP contribution in [0.25, 0.3) is 0 Å². The lowest BCUT2D eigenvalue weighted by molar-refractivity contribution is -0.128.